The van der Waals surface area contributed by atoms with Crippen molar-refractivity contribution in [3.63, 3.8) is 0 Å². The van der Waals surface area contributed by atoms with E-state index in [1.54, 1.807) is 24.3 Å². The molecule has 1 aromatic rings. The third kappa shape index (κ3) is 3.63. The first kappa shape index (κ1) is 16.0. The smallest absolute Gasteiger partial charge is 0.327 e. The summed E-state index contributed by atoms with van der Waals surface area (Å²) in [6.07, 6.45) is 0. The number of rotatable bonds is 3. The summed E-state index contributed by atoms with van der Waals surface area (Å²) in [5, 5.41) is 12.5. The maximum atomic E-state index is 12.4. The lowest BCUT2D eigenvalue weighted by Gasteiger charge is -2.29. The normalized spacial score (nSPS) is 21.6. The van der Waals surface area contributed by atoms with Gasteiger partial charge in [0.15, 0.2) is 0 Å². The van der Waals surface area contributed by atoms with Gasteiger partial charge in [0, 0.05) is 16.5 Å². The summed E-state index contributed by atoms with van der Waals surface area (Å²) in [5.41, 5.74) is 0.591. The molecule has 0 radical (unpaired) electrons. The van der Waals surface area contributed by atoms with Gasteiger partial charge in [-0.15, -0.1) is 11.8 Å². The lowest BCUT2D eigenvalue weighted by molar-refractivity contribution is -0.141. The Labute approximate surface area is 132 Å². The van der Waals surface area contributed by atoms with Crippen LogP contribution in [-0.4, -0.2) is 39.2 Å². The van der Waals surface area contributed by atoms with Crippen molar-refractivity contribution in [1.82, 2.24) is 4.90 Å². The van der Waals surface area contributed by atoms with Gasteiger partial charge in [-0.05, 0) is 30.2 Å². The van der Waals surface area contributed by atoms with Gasteiger partial charge in [0.05, 0.1) is 5.37 Å². The molecule has 2 N–H and O–H groups in total. The fourth-order valence-corrected chi connectivity index (χ4v) is 3.81. The number of hydrogen-bond donors (Lipinski definition) is 2. The molecule has 1 aromatic carbocycles. The summed E-state index contributed by atoms with van der Waals surface area (Å²) in [6.45, 7) is 3.95. The number of nitrogens with one attached hydrogen (secondary N) is 1. The molecule has 1 saturated heterocycles. The number of thioether (sulfide) groups is 1. The van der Waals surface area contributed by atoms with Gasteiger partial charge in [0.1, 0.15) is 6.04 Å². The van der Waals surface area contributed by atoms with E-state index in [2.05, 4.69) is 5.32 Å². The van der Waals surface area contributed by atoms with Crippen LogP contribution in [0.1, 0.15) is 13.8 Å². The van der Waals surface area contributed by atoms with Crippen molar-refractivity contribution in [1.29, 1.82) is 0 Å². The number of carbonyl (C=O) groups excluding carboxylic acids is 1. The molecule has 0 bridgehead atoms. The van der Waals surface area contributed by atoms with E-state index in [1.165, 1.54) is 16.7 Å². The van der Waals surface area contributed by atoms with Gasteiger partial charge in [-0.3, -0.25) is 4.90 Å². The molecule has 5 nitrogen and oxygen atoms in total. The van der Waals surface area contributed by atoms with Crippen molar-refractivity contribution in [2.24, 2.45) is 5.92 Å². The highest BCUT2D eigenvalue weighted by molar-refractivity contribution is 8.00. The van der Waals surface area contributed by atoms with Crippen molar-refractivity contribution in [3.8, 4) is 0 Å². The zero-order valence-electron chi connectivity index (χ0n) is 11.7. The minimum absolute atomic E-state index is 0.140. The van der Waals surface area contributed by atoms with Crippen LogP contribution >= 0.6 is 23.4 Å². The number of halogens is 1. The van der Waals surface area contributed by atoms with Gasteiger partial charge < -0.3 is 10.4 Å². The number of benzene rings is 1. The van der Waals surface area contributed by atoms with Crippen LogP contribution in [0.25, 0.3) is 0 Å². The standard InChI is InChI=1S/C14H17ClN2O3S/c1-8(2)12-17(11(7-21-12)13(18)19)14(20)16-10-5-3-9(15)4-6-10/h3-6,8,11-12H,7H2,1-2H3,(H,16,20)(H,18,19). The number of carboxylic acids is 1. The molecule has 0 aliphatic carbocycles. The Hall–Kier alpha value is -1.40. The van der Waals surface area contributed by atoms with Gasteiger partial charge in [-0.2, -0.15) is 0 Å². The van der Waals surface area contributed by atoms with Crippen molar-refractivity contribution < 1.29 is 14.7 Å². The molecule has 114 valence electrons. The van der Waals surface area contributed by atoms with Crippen molar-refractivity contribution in [3.05, 3.63) is 29.3 Å². The average molecular weight is 329 g/mol. The Morgan fingerprint density at radius 3 is 2.52 bits per heavy atom. The summed E-state index contributed by atoms with van der Waals surface area (Å²) >= 11 is 7.30. The number of anilines is 1. The van der Waals surface area contributed by atoms with Crippen LogP contribution in [0.2, 0.25) is 5.02 Å². The molecule has 1 aliphatic rings. The second-order valence-electron chi connectivity index (χ2n) is 5.17. The van der Waals surface area contributed by atoms with Crippen molar-refractivity contribution in [2.75, 3.05) is 11.1 Å². The monoisotopic (exact) mass is 328 g/mol. The van der Waals surface area contributed by atoms with Crippen LogP contribution in [0, 0.1) is 5.92 Å². The Morgan fingerprint density at radius 1 is 1.38 bits per heavy atom. The Bertz CT molecular complexity index is 536. The molecule has 1 aliphatic heterocycles. The van der Waals surface area contributed by atoms with Crippen molar-refractivity contribution >= 4 is 41.1 Å². The summed E-state index contributed by atoms with van der Waals surface area (Å²) in [5.74, 6) is -0.390. The van der Waals surface area contributed by atoms with E-state index in [1.807, 2.05) is 13.8 Å². The van der Waals surface area contributed by atoms with Crippen LogP contribution in [0.5, 0.6) is 0 Å². The molecular formula is C14H17ClN2O3S. The molecule has 7 heteroatoms. The number of aliphatic carboxylic acids is 1. The molecule has 2 rings (SSSR count). The van der Waals surface area contributed by atoms with Gasteiger partial charge in [-0.25, -0.2) is 9.59 Å². The number of nitrogens with zero attached hydrogens (tertiary/aromatic N) is 1. The zero-order chi connectivity index (χ0) is 15.6. The molecule has 2 amide bonds. The van der Waals surface area contributed by atoms with Crippen LogP contribution in [0.15, 0.2) is 24.3 Å². The van der Waals surface area contributed by atoms with E-state index in [4.69, 9.17) is 11.6 Å². The largest absolute Gasteiger partial charge is 0.480 e. The number of hydrogen-bond acceptors (Lipinski definition) is 3. The zero-order valence-corrected chi connectivity index (χ0v) is 13.3. The van der Waals surface area contributed by atoms with E-state index in [0.29, 0.717) is 16.5 Å². The average Bonchev–Trinajstić information content (AvgIpc) is 2.86. The molecule has 1 heterocycles. The first-order chi connectivity index (χ1) is 9.90. The fraction of sp³-hybridized carbons (Fsp3) is 0.429. The topological polar surface area (TPSA) is 69.6 Å². The maximum Gasteiger partial charge on any atom is 0.327 e. The Kier molecular flexibility index (Phi) is 5.00. The van der Waals surface area contributed by atoms with E-state index in [-0.39, 0.29) is 11.3 Å². The van der Waals surface area contributed by atoms with Crippen LogP contribution in [-0.2, 0) is 4.79 Å². The summed E-state index contributed by atoms with van der Waals surface area (Å²) < 4.78 is 0. The summed E-state index contributed by atoms with van der Waals surface area (Å²) in [4.78, 5) is 25.2. The van der Waals surface area contributed by atoms with E-state index >= 15 is 0 Å². The number of carbonyl (C=O) groups is 2. The van der Waals surface area contributed by atoms with Gasteiger partial charge >= 0.3 is 12.0 Å². The second-order valence-corrected chi connectivity index (χ2v) is 6.75. The highest BCUT2D eigenvalue weighted by Crippen LogP contribution is 2.34. The number of amides is 2. The molecular weight excluding hydrogens is 312 g/mol. The lowest BCUT2D eigenvalue weighted by atomic mass is 10.1. The molecule has 2 atom stereocenters. The van der Waals surface area contributed by atoms with Crippen LogP contribution in [0.3, 0.4) is 0 Å². The number of carboxylic acid groups (broad SMARTS) is 1. The third-order valence-electron chi connectivity index (χ3n) is 3.22. The first-order valence-electron chi connectivity index (χ1n) is 6.59. The maximum absolute atomic E-state index is 12.4. The Balaban J connectivity index is 2.16. The molecule has 0 aromatic heterocycles. The van der Waals surface area contributed by atoms with E-state index in [0.717, 1.165) is 0 Å². The van der Waals surface area contributed by atoms with E-state index in [9.17, 15) is 14.7 Å². The summed E-state index contributed by atoms with van der Waals surface area (Å²) in [7, 11) is 0. The lowest BCUT2D eigenvalue weighted by Crippen LogP contribution is -2.49. The van der Waals surface area contributed by atoms with Crippen molar-refractivity contribution in [2.45, 2.75) is 25.3 Å². The molecule has 21 heavy (non-hydrogen) atoms. The number of urea groups is 1. The predicted octanol–water partition coefficient (Wildman–Crippen LogP) is 3.36. The minimum atomic E-state index is -0.975. The minimum Gasteiger partial charge on any atom is -0.480 e. The van der Waals surface area contributed by atoms with Gasteiger partial charge in [0.2, 0.25) is 0 Å². The predicted molar refractivity (Wildman–Crippen MR) is 84.8 cm³/mol. The fourth-order valence-electron chi connectivity index (χ4n) is 2.21. The van der Waals surface area contributed by atoms with Crippen LogP contribution in [0.4, 0.5) is 10.5 Å². The molecule has 0 saturated carbocycles. The first-order valence-corrected chi connectivity index (χ1v) is 8.02. The highest BCUT2D eigenvalue weighted by atomic mass is 35.5. The third-order valence-corrected chi connectivity index (χ3v) is 5.09. The van der Waals surface area contributed by atoms with E-state index < -0.39 is 18.0 Å². The SMILES string of the molecule is CC(C)C1SCC(C(=O)O)N1C(=O)Nc1ccc(Cl)cc1. The van der Waals surface area contributed by atoms with Gasteiger partial charge in [-0.1, -0.05) is 25.4 Å². The molecule has 0 spiro atoms. The molecule has 2 unspecified atom stereocenters. The Morgan fingerprint density at radius 2 is 2.00 bits per heavy atom. The summed E-state index contributed by atoms with van der Waals surface area (Å²) in [6, 6.07) is 5.52. The highest BCUT2D eigenvalue weighted by Gasteiger charge is 2.42. The second kappa shape index (κ2) is 6.58. The molecule has 1 fully saturated rings. The van der Waals surface area contributed by atoms with Gasteiger partial charge in [0.25, 0.3) is 0 Å². The van der Waals surface area contributed by atoms with Crippen LogP contribution < -0.4 is 5.32 Å². The quantitative estimate of drug-likeness (QED) is 0.892.